The molecule has 0 bridgehead atoms. The molecule has 1 aliphatic heterocycles. The molecule has 0 saturated heterocycles. The summed E-state index contributed by atoms with van der Waals surface area (Å²) in [6.07, 6.45) is 3.70. The van der Waals surface area contributed by atoms with Crippen LogP contribution in [0, 0.1) is 0 Å². The van der Waals surface area contributed by atoms with Crippen molar-refractivity contribution in [3.8, 4) is 5.75 Å². The summed E-state index contributed by atoms with van der Waals surface area (Å²) in [4.78, 5) is 11.6. The summed E-state index contributed by atoms with van der Waals surface area (Å²) in [5, 5.41) is 0. The van der Waals surface area contributed by atoms with Crippen molar-refractivity contribution in [1.29, 1.82) is 0 Å². The number of aromatic nitrogens is 1. The van der Waals surface area contributed by atoms with Crippen molar-refractivity contribution in [3.05, 3.63) is 64.1 Å². The van der Waals surface area contributed by atoms with E-state index < -0.39 is 0 Å². The van der Waals surface area contributed by atoms with E-state index in [2.05, 4.69) is 12.1 Å². The normalized spacial score (nSPS) is 13.1. The first-order valence-electron chi connectivity index (χ1n) is 6.23. The molecular formula is C15H15NO2. The van der Waals surface area contributed by atoms with Gasteiger partial charge in [-0.15, -0.1) is 0 Å². The van der Waals surface area contributed by atoms with Crippen molar-refractivity contribution in [2.45, 2.75) is 19.4 Å². The van der Waals surface area contributed by atoms with Gasteiger partial charge in [0, 0.05) is 25.2 Å². The highest BCUT2D eigenvalue weighted by molar-refractivity contribution is 5.39. The molecule has 0 radical (unpaired) electrons. The Morgan fingerprint density at radius 1 is 1.22 bits per heavy atom. The second kappa shape index (κ2) is 4.69. The smallest absolute Gasteiger partial charge is 0.250 e. The lowest BCUT2D eigenvalue weighted by molar-refractivity contribution is 0.357. The first-order chi connectivity index (χ1) is 8.83. The maximum Gasteiger partial charge on any atom is 0.250 e. The summed E-state index contributed by atoms with van der Waals surface area (Å²) < 4.78 is 7.22. The van der Waals surface area contributed by atoms with Gasteiger partial charge in [-0.2, -0.15) is 0 Å². The van der Waals surface area contributed by atoms with Gasteiger partial charge in [-0.05, 0) is 29.7 Å². The quantitative estimate of drug-likeness (QED) is 0.823. The number of pyridine rings is 1. The third kappa shape index (κ3) is 2.16. The van der Waals surface area contributed by atoms with Gasteiger partial charge < -0.3 is 9.30 Å². The number of ether oxygens (including phenoxy) is 1. The second-order valence-corrected chi connectivity index (χ2v) is 4.52. The fourth-order valence-electron chi connectivity index (χ4n) is 2.29. The lowest BCUT2D eigenvalue weighted by Gasteiger charge is -2.06. The zero-order valence-electron chi connectivity index (χ0n) is 10.1. The molecule has 0 unspecified atom stereocenters. The Morgan fingerprint density at radius 3 is 3.06 bits per heavy atom. The van der Waals surface area contributed by atoms with Crippen LogP contribution in [-0.4, -0.2) is 11.2 Å². The van der Waals surface area contributed by atoms with Gasteiger partial charge in [0.2, 0.25) is 0 Å². The first-order valence-corrected chi connectivity index (χ1v) is 6.23. The highest BCUT2D eigenvalue weighted by atomic mass is 16.5. The van der Waals surface area contributed by atoms with Crippen molar-refractivity contribution in [3.63, 3.8) is 0 Å². The highest BCUT2D eigenvalue weighted by Crippen LogP contribution is 2.25. The van der Waals surface area contributed by atoms with E-state index in [0.29, 0.717) is 0 Å². The van der Waals surface area contributed by atoms with Gasteiger partial charge in [0.15, 0.2) is 0 Å². The van der Waals surface area contributed by atoms with E-state index >= 15 is 0 Å². The number of fused-ring (bicyclic) bond motifs is 1. The van der Waals surface area contributed by atoms with E-state index in [0.717, 1.165) is 31.7 Å². The second-order valence-electron chi connectivity index (χ2n) is 4.52. The Balaban J connectivity index is 1.74. The van der Waals surface area contributed by atoms with Crippen molar-refractivity contribution < 1.29 is 4.74 Å². The van der Waals surface area contributed by atoms with E-state index in [9.17, 15) is 4.79 Å². The molecule has 18 heavy (non-hydrogen) atoms. The molecule has 3 nitrogen and oxygen atoms in total. The lowest BCUT2D eigenvalue weighted by atomic mass is 10.1. The van der Waals surface area contributed by atoms with Gasteiger partial charge >= 0.3 is 0 Å². The van der Waals surface area contributed by atoms with Gasteiger partial charge in [0.1, 0.15) is 5.75 Å². The molecule has 3 rings (SSSR count). The Hall–Kier alpha value is -2.03. The van der Waals surface area contributed by atoms with E-state index in [1.807, 2.05) is 18.3 Å². The van der Waals surface area contributed by atoms with Crippen LogP contribution in [0.25, 0.3) is 0 Å². The van der Waals surface area contributed by atoms with Crippen LogP contribution in [-0.2, 0) is 19.4 Å². The summed E-state index contributed by atoms with van der Waals surface area (Å²) in [7, 11) is 0. The number of aryl methyl sites for hydroxylation is 2. The fourth-order valence-corrected chi connectivity index (χ4v) is 2.29. The van der Waals surface area contributed by atoms with E-state index in [-0.39, 0.29) is 5.56 Å². The number of hydrogen-bond donors (Lipinski definition) is 0. The van der Waals surface area contributed by atoms with Crippen LogP contribution in [0.1, 0.15) is 11.1 Å². The van der Waals surface area contributed by atoms with Gasteiger partial charge in [-0.1, -0.05) is 18.2 Å². The molecule has 2 aromatic rings. The Kier molecular flexibility index (Phi) is 2.89. The maximum atomic E-state index is 11.6. The van der Waals surface area contributed by atoms with Crippen LogP contribution in [0.2, 0.25) is 0 Å². The highest BCUT2D eigenvalue weighted by Gasteiger charge is 2.11. The third-order valence-electron chi connectivity index (χ3n) is 3.29. The summed E-state index contributed by atoms with van der Waals surface area (Å²) >= 11 is 0. The number of benzene rings is 1. The zero-order chi connectivity index (χ0) is 12.4. The number of hydrogen-bond acceptors (Lipinski definition) is 2. The van der Waals surface area contributed by atoms with Gasteiger partial charge in [-0.25, -0.2) is 0 Å². The molecule has 1 aliphatic rings. The minimum Gasteiger partial charge on any atom is -0.493 e. The molecule has 0 aliphatic carbocycles. The minimum absolute atomic E-state index is 0.0574. The fraction of sp³-hybridized carbons (Fsp3) is 0.267. The van der Waals surface area contributed by atoms with Crippen LogP contribution in [0.15, 0.2) is 47.4 Å². The topological polar surface area (TPSA) is 31.2 Å². The van der Waals surface area contributed by atoms with Gasteiger partial charge in [0.05, 0.1) is 6.61 Å². The first kappa shape index (κ1) is 11.1. The van der Waals surface area contributed by atoms with Crippen LogP contribution < -0.4 is 10.3 Å². The van der Waals surface area contributed by atoms with Crippen molar-refractivity contribution in [2.75, 3.05) is 6.61 Å². The molecular weight excluding hydrogens is 226 g/mol. The maximum absolute atomic E-state index is 11.6. The summed E-state index contributed by atoms with van der Waals surface area (Å²) in [6, 6.07) is 11.6. The molecule has 0 saturated carbocycles. The predicted octanol–water partition coefficient (Wildman–Crippen LogP) is 2.03. The van der Waals surface area contributed by atoms with Crippen molar-refractivity contribution in [1.82, 2.24) is 4.57 Å². The molecule has 1 aromatic carbocycles. The SMILES string of the molecule is O=c1ccccn1CCc1ccc2c(c1)CCO2. The largest absolute Gasteiger partial charge is 0.493 e. The molecule has 0 amide bonds. The van der Waals surface area contributed by atoms with Crippen LogP contribution in [0.4, 0.5) is 0 Å². The molecule has 0 spiro atoms. The Labute approximate surface area is 106 Å². The molecule has 2 heterocycles. The average molecular weight is 241 g/mol. The summed E-state index contributed by atoms with van der Waals surface area (Å²) in [6.45, 7) is 1.51. The van der Waals surface area contributed by atoms with Gasteiger partial charge in [-0.3, -0.25) is 4.79 Å². The third-order valence-corrected chi connectivity index (χ3v) is 3.29. The van der Waals surface area contributed by atoms with Gasteiger partial charge in [0.25, 0.3) is 5.56 Å². The Morgan fingerprint density at radius 2 is 2.17 bits per heavy atom. The Bertz CT molecular complexity index is 616. The minimum atomic E-state index is 0.0574. The number of rotatable bonds is 3. The monoisotopic (exact) mass is 241 g/mol. The number of nitrogens with zero attached hydrogens (tertiary/aromatic N) is 1. The molecule has 0 atom stereocenters. The predicted molar refractivity (Wildman–Crippen MR) is 70.0 cm³/mol. The molecule has 1 aromatic heterocycles. The summed E-state index contributed by atoms with van der Waals surface area (Å²) in [5.74, 6) is 1.01. The molecule has 0 N–H and O–H groups in total. The van der Waals surface area contributed by atoms with Crippen LogP contribution in [0.3, 0.4) is 0 Å². The molecule has 92 valence electrons. The van der Waals surface area contributed by atoms with E-state index in [1.54, 1.807) is 16.7 Å². The zero-order valence-corrected chi connectivity index (χ0v) is 10.1. The molecule has 0 fully saturated rings. The average Bonchev–Trinajstić information content (AvgIpc) is 2.85. The van der Waals surface area contributed by atoms with Crippen molar-refractivity contribution in [2.24, 2.45) is 0 Å². The van der Waals surface area contributed by atoms with E-state index in [4.69, 9.17) is 4.74 Å². The van der Waals surface area contributed by atoms with Crippen molar-refractivity contribution >= 4 is 0 Å². The van der Waals surface area contributed by atoms with Crippen LogP contribution >= 0.6 is 0 Å². The van der Waals surface area contributed by atoms with Crippen LogP contribution in [0.5, 0.6) is 5.75 Å². The summed E-state index contributed by atoms with van der Waals surface area (Å²) in [5.41, 5.74) is 2.60. The van der Waals surface area contributed by atoms with E-state index in [1.165, 1.54) is 11.1 Å². The lowest BCUT2D eigenvalue weighted by Crippen LogP contribution is -2.18. The molecule has 3 heteroatoms. The standard InChI is InChI=1S/C15H15NO2/c17-15-3-1-2-8-16(15)9-6-12-4-5-14-13(11-12)7-10-18-14/h1-5,8,11H,6-7,9-10H2.